The highest BCUT2D eigenvalue weighted by molar-refractivity contribution is 8.25. The second-order valence-electron chi connectivity index (χ2n) is 4.00. The average molecular weight is 250 g/mol. The Morgan fingerprint density at radius 1 is 1.15 bits per heavy atom. The molecule has 0 saturated carbocycles. The summed E-state index contributed by atoms with van der Waals surface area (Å²) >= 11 is 0. The molecular weight excluding hydrogens is 237 g/mol. The molecule has 0 aromatic carbocycles. The van der Waals surface area contributed by atoms with Gasteiger partial charge in [0.1, 0.15) is 0 Å². The van der Waals surface area contributed by atoms with E-state index in [4.69, 9.17) is 0 Å². The normalized spacial score (nSPS) is 17.2. The highest BCUT2D eigenvalue weighted by atomic mass is 32.4. The van der Waals surface area contributed by atoms with Crippen molar-refractivity contribution in [3.63, 3.8) is 0 Å². The van der Waals surface area contributed by atoms with Gasteiger partial charge < -0.3 is 0 Å². The third kappa shape index (κ3) is 2.81. The second-order valence-corrected chi connectivity index (χ2v) is 24.6. The third-order valence-corrected chi connectivity index (χ3v) is 26.1. The molecule has 0 radical (unpaired) electrons. The zero-order chi connectivity index (χ0) is 11.1. The molecule has 0 aromatic rings. The lowest BCUT2D eigenvalue weighted by molar-refractivity contribution is -0.0414. The molecule has 0 amide bonds. The summed E-state index contributed by atoms with van der Waals surface area (Å²) in [7, 11) is -9.75. The first-order valence-corrected chi connectivity index (χ1v) is 13.1. The van der Waals surface area contributed by atoms with E-state index in [1.54, 1.807) is 19.6 Å². The highest BCUT2D eigenvalue weighted by Crippen LogP contribution is 2.28. The largest absolute Gasteiger partial charge is 0.490 e. The molecule has 0 aromatic heterocycles. The van der Waals surface area contributed by atoms with Crippen molar-refractivity contribution in [3.8, 4) is 0 Å². The lowest BCUT2D eigenvalue weighted by atomic mass is 11.6. The topological polar surface area (TPSA) is 34.1 Å². The van der Waals surface area contributed by atoms with E-state index >= 15 is 0 Å². The Morgan fingerprint density at radius 2 is 1.46 bits per heavy atom. The fourth-order valence-electron chi connectivity index (χ4n) is 0.666. The van der Waals surface area contributed by atoms with Crippen LogP contribution in [0, 0.1) is 0 Å². The highest BCUT2D eigenvalue weighted by Gasteiger charge is 2.52. The van der Waals surface area contributed by atoms with Crippen molar-refractivity contribution in [1.82, 2.24) is 0 Å². The van der Waals surface area contributed by atoms with Gasteiger partial charge in [0.05, 0.1) is 7.59 Å². The summed E-state index contributed by atoms with van der Waals surface area (Å²) in [4.78, 5) is 0. The lowest BCUT2D eigenvalue weighted by Gasteiger charge is -2.24. The van der Waals surface area contributed by atoms with Crippen LogP contribution in [0.1, 0.15) is 0 Å². The zero-order valence-corrected chi connectivity index (χ0v) is 10.9. The summed E-state index contributed by atoms with van der Waals surface area (Å²) in [5.74, 6) is 0. The Hall–Kier alpha value is 0.174. The Balaban J connectivity index is 5.12. The van der Waals surface area contributed by atoms with Crippen molar-refractivity contribution >= 4 is 24.3 Å². The van der Waals surface area contributed by atoms with Crippen LogP contribution >= 0.6 is 0 Å². The van der Waals surface area contributed by atoms with Gasteiger partial charge in [0.2, 0.25) is 9.29 Å². The van der Waals surface area contributed by atoms with E-state index in [1.165, 1.54) is 6.55 Å². The third-order valence-electron chi connectivity index (χ3n) is 2.01. The van der Waals surface area contributed by atoms with Gasteiger partial charge in [-0.05, 0) is 0 Å². The van der Waals surface area contributed by atoms with Crippen LogP contribution in [0.15, 0.2) is 0 Å². The predicted molar refractivity (Wildman–Crippen MR) is 51.3 cm³/mol. The van der Waals surface area contributed by atoms with E-state index in [9.17, 15) is 21.6 Å². The van der Waals surface area contributed by atoms with Crippen LogP contribution in [0.3, 0.4) is 0 Å². The van der Waals surface area contributed by atoms with Crippen molar-refractivity contribution < 1.29 is 21.6 Å². The van der Waals surface area contributed by atoms with E-state index in [1.807, 2.05) is 0 Å². The van der Waals surface area contributed by atoms with Gasteiger partial charge in [0.25, 0.3) is 0 Å². The Bertz CT molecular complexity index is 277. The minimum absolute atomic E-state index is 1.27. The molecular formula is C5H13F3O2SSi2. The van der Waals surface area contributed by atoms with Gasteiger partial charge >= 0.3 is 5.51 Å². The van der Waals surface area contributed by atoms with E-state index in [2.05, 4.69) is 0 Å². The van der Waals surface area contributed by atoms with Crippen molar-refractivity contribution in [2.45, 2.75) is 31.7 Å². The molecule has 0 aliphatic heterocycles. The van der Waals surface area contributed by atoms with Crippen LogP contribution in [0.25, 0.3) is 0 Å². The van der Waals surface area contributed by atoms with Gasteiger partial charge in [-0.2, -0.15) is 13.2 Å². The van der Waals surface area contributed by atoms with Gasteiger partial charge in [0.15, 0.2) is 7.46 Å². The fourth-order valence-corrected chi connectivity index (χ4v) is 15.6. The predicted octanol–water partition coefficient (Wildman–Crippen LogP) is 1.69. The number of rotatable bonds is 2. The molecule has 0 aliphatic rings. The maximum atomic E-state index is 12.1. The molecule has 0 saturated heterocycles. The van der Waals surface area contributed by atoms with E-state index in [0.29, 0.717) is 0 Å². The van der Waals surface area contributed by atoms with Crippen molar-refractivity contribution in [2.75, 3.05) is 0 Å². The molecule has 0 bridgehead atoms. The number of alkyl halides is 3. The summed E-state index contributed by atoms with van der Waals surface area (Å²) in [5.41, 5.74) is -5.06. The van der Waals surface area contributed by atoms with Crippen LogP contribution in [-0.2, 0) is 9.29 Å². The molecule has 0 heterocycles. The van der Waals surface area contributed by atoms with Gasteiger partial charge in [-0.3, -0.25) is 0 Å². The SMILES string of the molecule is C[SiH]([Si](C)(C)C)S(=O)(=O)C(F)(F)F. The van der Waals surface area contributed by atoms with Crippen molar-refractivity contribution in [1.29, 1.82) is 0 Å². The second kappa shape index (κ2) is 3.39. The van der Waals surface area contributed by atoms with Crippen molar-refractivity contribution in [3.05, 3.63) is 0 Å². The average Bonchev–Trinajstić information content (AvgIpc) is 1.81. The Kier molecular flexibility index (Phi) is 3.44. The molecule has 0 rings (SSSR count). The molecule has 8 heteroatoms. The van der Waals surface area contributed by atoms with E-state index in [0.717, 1.165) is 0 Å². The Morgan fingerprint density at radius 3 is 1.54 bits per heavy atom. The number of halogens is 3. The summed E-state index contributed by atoms with van der Waals surface area (Å²) in [6, 6.07) is 0. The van der Waals surface area contributed by atoms with Crippen molar-refractivity contribution in [2.24, 2.45) is 0 Å². The summed E-state index contributed by atoms with van der Waals surface area (Å²) in [6.45, 7) is 6.25. The van der Waals surface area contributed by atoms with Gasteiger partial charge in [-0.25, -0.2) is 8.42 Å². The van der Waals surface area contributed by atoms with Gasteiger partial charge in [-0.1, -0.05) is 26.2 Å². The van der Waals surface area contributed by atoms with Crippen LogP contribution in [-0.4, -0.2) is 29.0 Å². The summed E-state index contributed by atoms with van der Waals surface area (Å²) in [5, 5.41) is 0. The molecule has 0 fully saturated rings. The molecule has 0 N–H and O–H groups in total. The van der Waals surface area contributed by atoms with Gasteiger partial charge in [0, 0.05) is 0 Å². The van der Waals surface area contributed by atoms with Gasteiger partial charge in [-0.15, -0.1) is 0 Å². The van der Waals surface area contributed by atoms with E-state index in [-0.39, 0.29) is 0 Å². The maximum Gasteiger partial charge on any atom is 0.490 e. The lowest BCUT2D eigenvalue weighted by Crippen LogP contribution is -2.51. The van der Waals surface area contributed by atoms with Crippen LogP contribution in [0.4, 0.5) is 13.2 Å². The summed E-state index contributed by atoms with van der Waals surface area (Å²) < 4.78 is 58.2. The maximum absolute atomic E-state index is 12.1. The fraction of sp³-hybridized carbons (Fsp3) is 1.00. The van der Waals surface area contributed by atoms with E-state index < -0.39 is 29.8 Å². The molecule has 1 atom stereocenters. The monoisotopic (exact) mass is 250 g/mol. The van der Waals surface area contributed by atoms with Crippen LogP contribution < -0.4 is 0 Å². The first-order valence-electron chi connectivity index (χ1n) is 3.71. The molecule has 80 valence electrons. The minimum Gasteiger partial charge on any atom is -0.228 e. The minimum atomic E-state index is -5.06. The molecule has 13 heavy (non-hydrogen) atoms. The number of hydrogen-bond acceptors (Lipinski definition) is 2. The number of hydrogen-bond donors (Lipinski definition) is 0. The molecule has 0 spiro atoms. The molecule has 0 aliphatic carbocycles. The van der Waals surface area contributed by atoms with Crippen LogP contribution in [0.2, 0.25) is 26.2 Å². The summed E-state index contributed by atoms with van der Waals surface area (Å²) in [6.07, 6.45) is 0. The first-order chi connectivity index (χ1) is 5.40. The van der Waals surface area contributed by atoms with Crippen LogP contribution in [0.5, 0.6) is 0 Å². The molecule has 1 unspecified atom stereocenters. The molecule has 2 nitrogen and oxygen atoms in total. The zero-order valence-electron chi connectivity index (χ0n) is 7.94. The quantitative estimate of drug-likeness (QED) is 0.699. The standard InChI is InChI=1S/C5H13F3O2SSi2/c1-12(13(2,3)4)11(9,10)5(6,7)8/h12H,1-4H3. The Labute approximate surface area is 78.1 Å². The first kappa shape index (κ1) is 13.2. The smallest absolute Gasteiger partial charge is 0.228 e.